The van der Waals surface area contributed by atoms with Gasteiger partial charge in [0.15, 0.2) is 0 Å². The molecule has 0 amide bonds. The Balaban J connectivity index is 3.02. The van der Waals surface area contributed by atoms with Crippen molar-refractivity contribution in [3.63, 3.8) is 0 Å². The summed E-state index contributed by atoms with van der Waals surface area (Å²) in [6.45, 7) is 0.405. The van der Waals surface area contributed by atoms with Gasteiger partial charge in [-0.2, -0.15) is 0 Å². The van der Waals surface area contributed by atoms with Crippen LogP contribution in [0.2, 0.25) is 0 Å². The van der Waals surface area contributed by atoms with Crippen LogP contribution in [0, 0.1) is 6.07 Å². The van der Waals surface area contributed by atoms with Gasteiger partial charge in [0.1, 0.15) is 0 Å². The first kappa shape index (κ1) is 7.75. The van der Waals surface area contributed by atoms with Crippen molar-refractivity contribution in [3.8, 4) is 0 Å². The van der Waals surface area contributed by atoms with Gasteiger partial charge in [-0.15, -0.1) is 0 Å². The average Bonchev–Trinajstić information content (AvgIpc) is 2.06. The molecule has 1 aromatic rings. The molecule has 0 aliphatic heterocycles. The molecule has 0 aliphatic rings. The summed E-state index contributed by atoms with van der Waals surface area (Å²) in [5, 5.41) is 11.2. The van der Waals surface area contributed by atoms with Crippen LogP contribution in [-0.4, -0.2) is 11.4 Å². The molecule has 1 radical (unpaired) electrons. The van der Waals surface area contributed by atoms with Crippen LogP contribution in [0.4, 0.5) is 0 Å². The van der Waals surface area contributed by atoms with Crippen LogP contribution < -0.4 is 5.73 Å². The maximum atomic E-state index is 8.25. The highest BCUT2D eigenvalue weighted by Crippen LogP contribution is 2.03. The van der Waals surface area contributed by atoms with E-state index in [2.05, 4.69) is 11.2 Å². The zero-order valence-corrected chi connectivity index (χ0v) is 5.99. The van der Waals surface area contributed by atoms with Crippen LogP contribution in [-0.2, 0) is 6.54 Å². The van der Waals surface area contributed by atoms with E-state index in [0.29, 0.717) is 6.54 Å². The van der Waals surface area contributed by atoms with Gasteiger partial charge in [-0.1, -0.05) is 23.4 Å². The van der Waals surface area contributed by atoms with Gasteiger partial charge in [0.25, 0.3) is 0 Å². The second-order valence-electron chi connectivity index (χ2n) is 2.05. The fourth-order valence-electron chi connectivity index (χ4n) is 0.844. The Hall–Kier alpha value is -1.35. The quantitative estimate of drug-likeness (QED) is 0.370. The van der Waals surface area contributed by atoms with Crippen molar-refractivity contribution in [2.75, 3.05) is 0 Å². The first-order valence-electron chi connectivity index (χ1n) is 3.25. The van der Waals surface area contributed by atoms with Gasteiger partial charge in [-0.3, -0.25) is 0 Å². The van der Waals surface area contributed by atoms with Gasteiger partial charge in [-0.05, 0) is 11.6 Å². The summed E-state index contributed by atoms with van der Waals surface area (Å²) in [6.07, 6.45) is 1.35. The monoisotopic (exact) mass is 149 g/mol. The summed E-state index contributed by atoms with van der Waals surface area (Å²) >= 11 is 0. The maximum absolute atomic E-state index is 8.25. The van der Waals surface area contributed by atoms with E-state index in [1.165, 1.54) is 6.21 Å². The van der Waals surface area contributed by atoms with Crippen LogP contribution in [0.5, 0.6) is 0 Å². The molecular weight excluding hydrogens is 140 g/mol. The molecular formula is C8H9N2O. The molecule has 3 heteroatoms. The fraction of sp³-hybridized carbons (Fsp3) is 0.125. The van der Waals surface area contributed by atoms with Crippen molar-refractivity contribution in [1.82, 2.24) is 0 Å². The molecule has 0 atom stereocenters. The summed E-state index contributed by atoms with van der Waals surface area (Å²) in [5.74, 6) is 0. The van der Waals surface area contributed by atoms with Crippen molar-refractivity contribution in [2.24, 2.45) is 10.9 Å². The van der Waals surface area contributed by atoms with Gasteiger partial charge >= 0.3 is 0 Å². The highest BCUT2D eigenvalue weighted by Gasteiger charge is 1.95. The molecule has 0 saturated carbocycles. The lowest BCUT2D eigenvalue weighted by atomic mass is 10.1. The Kier molecular flexibility index (Phi) is 2.63. The van der Waals surface area contributed by atoms with E-state index in [9.17, 15) is 0 Å². The zero-order chi connectivity index (χ0) is 8.10. The lowest BCUT2D eigenvalue weighted by molar-refractivity contribution is 0.322. The molecule has 0 bridgehead atoms. The van der Waals surface area contributed by atoms with E-state index < -0.39 is 0 Å². The number of benzene rings is 1. The number of hydrogen-bond donors (Lipinski definition) is 2. The number of hydrogen-bond acceptors (Lipinski definition) is 3. The molecule has 3 nitrogen and oxygen atoms in total. The largest absolute Gasteiger partial charge is 0.411 e. The molecule has 0 unspecified atom stereocenters. The van der Waals surface area contributed by atoms with Crippen molar-refractivity contribution in [2.45, 2.75) is 6.54 Å². The Morgan fingerprint density at radius 2 is 2.55 bits per heavy atom. The van der Waals surface area contributed by atoms with Gasteiger partial charge in [0, 0.05) is 12.1 Å². The number of nitrogens with two attached hydrogens (primary N) is 1. The summed E-state index contributed by atoms with van der Waals surface area (Å²) in [4.78, 5) is 0. The van der Waals surface area contributed by atoms with Crippen LogP contribution in [0.15, 0.2) is 23.4 Å². The Morgan fingerprint density at radius 3 is 3.18 bits per heavy atom. The van der Waals surface area contributed by atoms with Crippen molar-refractivity contribution >= 4 is 6.21 Å². The van der Waals surface area contributed by atoms with E-state index in [4.69, 9.17) is 10.9 Å². The van der Waals surface area contributed by atoms with E-state index in [1.54, 1.807) is 6.07 Å². The Bertz CT molecular complexity index is 258. The third kappa shape index (κ3) is 1.78. The van der Waals surface area contributed by atoms with Crippen molar-refractivity contribution in [3.05, 3.63) is 35.4 Å². The molecule has 0 spiro atoms. The van der Waals surface area contributed by atoms with Crippen molar-refractivity contribution in [1.29, 1.82) is 0 Å². The minimum atomic E-state index is 0.405. The molecule has 0 heterocycles. The standard InChI is InChI=1S/C8H9N2O/c9-5-7-3-1-2-4-8(7)6-10-11/h1-2,4,6,11H,5,9H2. The summed E-state index contributed by atoms with van der Waals surface area (Å²) in [7, 11) is 0. The van der Waals surface area contributed by atoms with E-state index in [1.807, 2.05) is 12.1 Å². The second-order valence-corrected chi connectivity index (χ2v) is 2.05. The highest BCUT2D eigenvalue weighted by molar-refractivity contribution is 5.80. The summed E-state index contributed by atoms with van der Waals surface area (Å²) in [5.41, 5.74) is 7.06. The molecule has 0 aromatic heterocycles. The normalized spacial score (nSPS) is 10.6. The molecule has 1 aromatic carbocycles. The first-order valence-corrected chi connectivity index (χ1v) is 3.25. The topological polar surface area (TPSA) is 58.6 Å². The minimum Gasteiger partial charge on any atom is -0.411 e. The number of nitrogens with zero attached hydrogens (tertiary/aromatic N) is 1. The summed E-state index contributed by atoms with van der Waals surface area (Å²) < 4.78 is 0. The Morgan fingerprint density at radius 1 is 1.73 bits per heavy atom. The maximum Gasteiger partial charge on any atom is 0.0737 e. The highest BCUT2D eigenvalue weighted by atomic mass is 16.4. The third-order valence-electron chi connectivity index (χ3n) is 1.38. The van der Waals surface area contributed by atoms with Gasteiger partial charge in [-0.25, -0.2) is 0 Å². The van der Waals surface area contributed by atoms with Crippen molar-refractivity contribution < 1.29 is 5.21 Å². The SMILES string of the molecule is NCc1[c]cccc1C=NO. The van der Waals surface area contributed by atoms with Crippen LogP contribution in [0.3, 0.4) is 0 Å². The van der Waals surface area contributed by atoms with Crippen LogP contribution in [0.1, 0.15) is 11.1 Å². The summed E-state index contributed by atoms with van der Waals surface area (Å²) in [6, 6.07) is 8.35. The smallest absolute Gasteiger partial charge is 0.0737 e. The van der Waals surface area contributed by atoms with E-state index in [-0.39, 0.29) is 0 Å². The van der Waals surface area contributed by atoms with E-state index in [0.717, 1.165) is 11.1 Å². The Labute approximate surface area is 65.1 Å². The van der Waals surface area contributed by atoms with Gasteiger partial charge < -0.3 is 10.9 Å². The number of oxime groups is 1. The molecule has 0 saturated heterocycles. The fourth-order valence-corrected chi connectivity index (χ4v) is 0.844. The first-order chi connectivity index (χ1) is 5.38. The lowest BCUT2D eigenvalue weighted by Crippen LogP contribution is -2.00. The molecule has 0 aliphatic carbocycles. The zero-order valence-electron chi connectivity index (χ0n) is 5.99. The lowest BCUT2D eigenvalue weighted by Gasteiger charge is -1.98. The minimum absolute atomic E-state index is 0.405. The molecule has 11 heavy (non-hydrogen) atoms. The third-order valence-corrected chi connectivity index (χ3v) is 1.38. The molecule has 57 valence electrons. The number of rotatable bonds is 2. The molecule has 1 rings (SSSR count). The van der Waals surface area contributed by atoms with E-state index >= 15 is 0 Å². The van der Waals surface area contributed by atoms with Crippen LogP contribution in [0.25, 0.3) is 0 Å². The molecule has 0 fully saturated rings. The predicted molar refractivity (Wildman–Crippen MR) is 42.5 cm³/mol. The average molecular weight is 149 g/mol. The van der Waals surface area contributed by atoms with Gasteiger partial charge in [0.05, 0.1) is 6.21 Å². The van der Waals surface area contributed by atoms with Gasteiger partial charge in [0.2, 0.25) is 0 Å². The predicted octanol–water partition coefficient (Wildman–Crippen LogP) is 0.754. The molecule has 3 N–H and O–H groups in total. The van der Waals surface area contributed by atoms with Crippen LogP contribution >= 0.6 is 0 Å². The second kappa shape index (κ2) is 3.73.